The number of hydrogen-bond donors (Lipinski definition) is 3. The Morgan fingerprint density at radius 2 is 2.38 bits per heavy atom. The standard InChI is InChI=1S/C9H16N4O3/c1-6(5-14)3-13-4-7(11-12-13)2-8(10)9(15)16/h4,6,8,14H,2-3,5,10H2,1H3,(H,15,16). The molecule has 0 amide bonds. The average Bonchev–Trinajstić information content (AvgIpc) is 2.65. The zero-order chi connectivity index (χ0) is 12.1. The predicted molar refractivity (Wildman–Crippen MR) is 55.6 cm³/mol. The fourth-order valence-electron chi connectivity index (χ4n) is 1.21. The molecule has 0 saturated carbocycles. The van der Waals surface area contributed by atoms with Crippen LogP contribution in [-0.4, -0.2) is 43.8 Å². The van der Waals surface area contributed by atoms with Crippen LogP contribution in [0.1, 0.15) is 12.6 Å². The molecule has 0 spiro atoms. The minimum absolute atomic E-state index is 0.0732. The Labute approximate surface area is 92.9 Å². The number of aliphatic carboxylic acids is 1. The molecule has 2 atom stereocenters. The van der Waals surface area contributed by atoms with Gasteiger partial charge in [0.1, 0.15) is 6.04 Å². The third-order valence-corrected chi connectivity index (χ3v) is 2.14. The van der Waals surface area contributed by atoms with Crippen molar-refractivity contribution in [3.8, 4) is 0 Å². The fraction of sp³-hybridized carbons (Fsp3) is 0.667. The van der Waals surface area contributed by atoms with Gasteiger partial charge in [0.2, 0.25) is 0 Å². The highest BCUT2D eigenvalue weighted by Gasteiger charge is 2.14. The Morgan fingerprint density at radius 1 is 1.69 bits per heavy atom. The molecule has 0 bridgehead atoms. The Hall–Kier alpha value is -1.47. The lowest BCUT2D eigenvalue weighted by molar-refractivity contribution is -0.138. The van der Waals surface area contributed by atoms with Crippen LogP contribution in [0.3, 0.4) is 0 Å². The van der Waals surface area contributed by atoms with E-state index in [9.17, 15) is 4.79 Å². The molecule has 0 aliphatic carbocycles. The highest BCUT2D eigenvalue weighted by molar-refractivity contribution is 5.73. The maximum Gasteiger partial charge on any atom is 0.320 e. The van der Waals surface area contributed by atoms with Crippen LogP contribution in [0.5, 0.6) is 0 Å². The van der Waals surface area contributed by atoms with Crippen LogP contribution in [0.25, 0.3) is 0 Å². The Morgan fingerprint density at radius 3 is 2.94 bits per heavy atom. The van der Waals surface area contributed by atoms with Gasteiger partial charge in [-0.2, -0.15) is 0 Å². The third-order valence-electron chi connectivity index (χ3n) is 2.14. The lowest BCUT2D eigenvalue weighted by Crippen LogP contribution is -2.32. The molecule has 16 heavy (non-hydrogen) atoms. The zero-order valence-electron chi connectivity index (χ0n) is 9.08. The molecule has 0 aliphatic heterocycles. The van der Waals surface area contributed by atoms with Crippen molar-refractivity contribution >= 4 is 5.97 Å². The van der Waals surface area contributed by atoms with E-state index in [1.54, 1.807) is 10.9 Å². The highest BCUT2D eigenvalue weighted by atomic mass is 16.4. The van der Waals surface area contributed by atoms with E-state index in [2.05, 4.69) is 10.3 Å². The van der Waals surface area contributed by atoms with Gasteiger partial charge in [-0.25, -0.2) is 0 Å². The number of aliphatic hydroxyl groups excluding tert-OH is 1. The molecule has 7 nitrogen and oxygen atoms in total. The van der Waals surface area contributed by atoms with Gasteiger partial charge in [0.05, 0.1) is 5.69 Å². The summed E-state index contributed by atoms with van der Waals surface area (Å²) in [5.41, 5.74) is 5.91. The maximum absolute atomic E-state index is 10.5. The fourth-order valence-corrected chi connectivity index (χ4v) is 1.21. The Balaban J connectivity index is 2.54. The molecule has 0 radical (unpaired) electrons. The number of nitrogens with zero attached hydrogens (tertiary/aromatic N) is 3. The predicted octanol–water partition coefficient (Wildman–Crippen LogP) is -1.14. The third kappa shape index (κ3) is 3.59. The first-order valence-corrected chi connectivity index (χ1v) is 5.01. The summed E-state index contributed by atoms with van der Waals surface area (Å²) in [5.74, 6) is -0.971. The van der Waals surface area contributed by atoms with Gasteiger partial charge in [-0.05, 0) is 5.92 Å². The number of rotatable bonds is 6. The number of hydrogen-bond acceptors (Lipinski definition) is 5. The minimum Gasteiger partial charge on any atom is -0.480 e. The molecule has 90 valence electrons. The minimum atomic E-state index is -1.06. The van der Waals surface area contributed by atoms with Crippen molar-refractivity contribution < 1.29 is 15.0 Å². The second-order valence-electron chi connectivity index (χ2n) is 3.87. The molecule has 1 aromatic rings. The van der Waals surface area contributed by atoms with Crippen molar-refractivity contribution in [3.63, 3.8) is 0 Å². The largest absolute Gasteiger partial charge is 0.480 e. The van der Waals surface area contributed by atoms with Gasteiger partial charge in [0.15, 0.2) is 0 Å². The van der Waals surface area contributed by atoms with E-state index in [-0.39, 0.29) is 18.9 Å². The van der Waals surface area contributed by atoms with Crippen LogP contribution in [0.4, 0.5) is 0 Å². The smallest absolute Gasteiger partial charge is 0.320 e. The monoisotopic (exact) mass is 228 g/mol. The van der Waals surface area contributed by atoms with Crippen LogP contribution < -0.4 is 5.73 Å². The first-order valence-electron chi connectivity index (χ1n) is 5.01. The molecular weight excluding hydrogens is 212 g/mol. The first kappa shape index (κ1) is 12.6. The quantitative estimate of drug-likeness (QED) is 0.567. The molecule has 1 rings (SSSR count). The summed E-state index contributed by atoms with van der Waals surface area (Å²) in [6, 6.07) is -0.958. The number of carbonyl (C=O) groups is 1. The molecule has 4 N–H and O–H groups in total. The van der Waals surface area contributed by atoms with Gasteiger partial charge < -0.3 is 15.9 Å². The first-order chi connectivity index (χ1) is 7.52. The van der Waals surface area contributed by atoms with Crippen LogP contribution in [0.15, 0.2) is 6.20 Å². The molecule has 0 fully saturated rings. The van der Waals surface area contributed by atoms with E-state index in [0.29, 0.717) is 12.2 Å². The Kier molecular flexibility index (Phi) is 4.39. The van der Waals surface area contributed by atoms with E-state index >= 15 is 0 Å². The van der Waals surface area contributed by atoms with Gasteiger partial charge in [0.25, 0.3) is 0 Å². The molecule has 7 heteroatoms. The molecule has 1 heterocycles. The molecule has 2 unspecified atom stereocenters. The summed E-state index contributed by atoms with van der Waals surface area (Å²) in [7, 11) is 0. The van der Waals surface area contributed by atoms with Crippen molar-refractivity contribution in [2.75, 3.05) is 6.61 Å². The summed E-state index contributed by atoms with van der Waals surface area (Å²) >= 11 is 0. The SMILES string of the molecule is CC(CO)Cn1cc(CC(N)C(=O)O)nn1. The topological polar surface area (TPSA) is 114 Å². The van der Waals surface area contributed by atoms with Crippen LogP contribution >= 0.6 is 0 Å². The summed E-state index contributed by atoms with van der Waals surface area (Å²) in [6.45, 7) is 2.50. The lowest BCUT2D eigenvalue weighted by atomic mass is 10.2. The van der Waals surface area contributed by atoms with Crippen molar-refractivity contribution in [3.05, 3.63) is 11.9 Å². The second kappa shape index (κ2) is 5.57. The number of carboxylic acids is 1. The molecule has 0 aliphatic rings. The number of aliphatic hydroxyl groups is 1. The lowest BCUT2D eigenvalue weighted by Gasteiger charge is -2.05. The van der Waals surface area contributed by atoms with Gasteiger partial charge in [0, 0.05) is 25.8 Å². The average molecular weight is 228 g/mol. The van der Waals surface area contributed by atoms with Crippen molar-refractivity contribution in [2.45, 2.75) is 25.9 Å². The zero-order valence-corrected chi connectivity index (χ0v) is 9.08. The second-order valence-corrected chi connectivity index (χ2v) is 3.87. The molecule has 1 aromatic heterocycles. The molecule has 0 saturated heterocycles. The number of nitrogens with two attached hydrogens (primary N) is 1. The van der Waals surface area contributed by atoms with Gasteiger partial charge in [-0.3, -0.25) is 9.48 Å². The normalized spacial score (nSPS) is 14.7. The highest BCUT2D eigenvalue weighted by Crippen LogP contribution is 2.01. The number of carboxylic acid groups (broad SMARTS) is 1. The Bertz CT molecular complexity index is 352. The molecular formula is C9H16N4O3. The van der Waals surface area contributed by atoms with Gasteiger partial charge in [-0.1, -0.05) is 12.1 Å². The summed E-state index contributed by atoms with van der Waals surface area (Å²) in [4.78, 5) is 10.5. The van der Waals surface area contributed by atoms with Crippen molar-refractivity contribution in [2.24, 2.45) is 11.7 Å². The van der Waals surface area contributed by atoms with Crippen LogP contribution in [-0.2, 0) is 17.8 Å². The van der Waals surface area contributed by atoms with Crippen LogP contribution in [0.2, 0.25) is 0 Å². The van der Waals surface area contributed by atoms with E-state index in [1.165, 1.54) is 0 Å². The van der Waals surface area contributed by atoms with Gasteiger partial charge in [-0.15, -0.1) is 5.10 Å². The molecule has 0 aromatic carbocycles. The summed E-state index contributed by atoms with van der Waals surface area (Å²) in [6.07, 6.45) is 1.80. The van der Waals surface area contributed by atoms with E-state index in [0.717, 1.165) is 0 Å². The van der Waals surface area contributed by atoms with E-state index < -0.39 is 12.0 Å². The summed E-state index contributed by atoms with van der Waals surface area (Å²) < 4.78 is 1.57. The summed E-state index contributed by atoms with van der Waals surface area (Å²) in [5, 5.41) is 25.1. The van der Waals surface area contributed by atoms with Crippen molar-refractivity contribution in [1.82, 2.24) is 15.0 Å². The number of aromatic nitrogens is 3. The van der Waals surface area contributed by atoms with Crippen molar-refractivity contribution in [1.29, 1.82) is 0 Å². The van der Waals surface area contributed by atoms with Crippen LogP contribution in [0, 0.1) is 5.92 Å². The van der Waals surface area contributed by atoms with E-state index in [1.807, 2.05) is 6.92 Å². The maximum atomic E-state index is 10.5. The van der Waals surface area contributed by atoms with E-state index in [4.69, 9.17) is 15.9 Å². The van der Waals surface area contributed by atoms with Gasteiger partial charge >= 0.3 is 5.97 Å².